The Morgan fingerprint density at radius 1 is 1.29 bits per heavy atom. The van der Waals surface area contributed by atoms with Gasteiger partial charge in [-0.25, -0.2) is 8.78 Å². The topological polar surface area (TPSA) is 58.6 Å². The van der Waals surface area contributed by atoms with Crippen molar-refractivity contribution in [3.05, 3.63) is 66.3 Å². The normalized spacial score (nSPS) is 15.3. The van der Waals surface area contributed by atoms with Crippen LogP contribution >= 0.6 is 0 Å². The van der Waals surface area contributed by atoms with Gasteiger partial charge in [0.25, 0.3) is 5.91 Å². The number of amides is 2. The molecule has 2 aromatic carbocycles. The SMILES string of the molecule is C=CCN1C(=O)C(C)(C)COc2ccc(NC(=O)c3c(F)cccc3F)cc21. The lowest BCUT2D eigenvalue weighted by Crippen LogP contribution is -2.42. The zero-order valence-corrected chi connectivity index (χ0v) is 15.6. The van der Waals surface area contributed by atoms with Crippen molar-refractivity contribution in [2.45, 2.75) is 13.8 Å². The first-order chi connectivity index (χ1) is 13.2. The fraction of sp³-hybridized carbons (Fsp3) is 0.238. The maximum Gasteiger partial charge on any atom is 0.261 e. The molecular formula is C21H20F2N2O3. The van der Waals surface area contributed by atoms with Gasteiger partial charge in [-0.3, -0.25) is 9.59 Å². The van der Waals surface area contributed by atoms with E-state index >= 15 is 0 Å². The van der Waals surface area contributed by atoms with Crippen molar-refractivity contribution >= 4 is 23.2 Å². The Balaban J connectivity index is 1.96. The molecule has 0 spiro atoms. The van der Waals surface area contributed by atoms with Gasteiger partial charge in [0, 0.05) is 12.2 Å². The third-order valence-electron chi connectivity index (χ3n) is 4.42. The first-order valence-corrected chi connectivity index (χ1v) is 8.69. The molecule has 0 unspecified atom stereocenters. The average Bonchev–Trinajstić information content (AvgIpc) is 2.72. The van der Waals surface area contributed by atoms with E-state index in [0.717, 1.165) is 12.1 Å². The summed E-state index contributed by atoms with van der Waals surface area (Å²) in [6.45, 7) is 7.68. The number of nitrogens with zero attached hydrogens (tertiary/aromatic N) is 1. The van der Waals surface area contributed by atoms with Crippen LogP contribution in [0.2, 0.25) is 0 Å². The van der Waals surface area contributed by atoms with E-state index in [1.54, 1.807) is 32.1 Å². The molecular weight excluding hydrogens is 366 g/mol. The van der Waals surface area contributed by atoms with Crippen LogP contribution < -0.4 is 15.0 Å². The molecule has 1 aliphatic heterocycles. The number of benzene rings is 2. The van der Waals surface area contributed by atoms with Crippen LogP contribution in [0, 0.1) is 17.0 Å². The highest BCUT2D eigenvalue weighted by atomic mass is 19.1. The molecule has 2 amide bonds. The highest BCUT2D eigenvalue weighted by molar-refractivity contribution is 6.06. The highest BCUT2D eigenvalue weighted by Gasteiger charge is 2.37. The fourth-order valence-electron chi connectivity index (χ4n) is 2.94. The first-order valence-electron chi connectivity index (χ1n) is 8.69. The first kappa shape index (κ1) is 19.5. The predicted molar refractivity (Wildman–Crippen MR) is 103 cm³/mol. The Morgan fingerprint density at radius 3 is 2.61 bits per heavy atom. The number of rotatable bonds is 4. The Kier molecular flexibility index (Phi) is 5.18. The molecule has 2 aromatic rings. The summed E-state index contributed by atoms with van der Waals surface area (Å²) in [5.74, 6) is -2.53. The molecule has 0 radical (unpaired) electrons. The largest absolute Gasteiger partial charge is 0.490 e. The molecule has 1 heterocycles. The van der Waals surface area contributed by atoms with Gasteiger partial charge < -0.3 is 15.0 Å². The molecule has 7 heteroatoms. The van der Waals surface area contributed by atoms with Crippen molar-refractivity contribution < 1.29 is 23.1 Å². The van der Waals surface area contributed by atoms with E-state index in [9.17, 15) is 18.4 Å². The summed E-state index contributed by atoms with van der Waals surface area (Å²) >= 11 is 0. The van der Waals surface area contributed by atoms with Crippen molar-refractivity contribution in [1.82, 2.24) is 0 Å². The fourth-order valence-corrected chi connectivity index (χ4v) is 2.94. The van der Waals surface area contributed by atoms with Gasteiger partial charge in [0.05, 0.1) is 11.1 Å². The number of carbonyl (C=O) groups excluding carboxylic acids is 2. The van der Waals surface area contributed by atoms with Crippen LogP contribution in [0.25, 0.3) is 0 Å². The second-order valence-corrected chi connectivity index (χ2v) is 7.11. The molecule has 0 saturated carbocycles. The molecule has 0 aromatic heterocycles. The van der Waals surface area contributed by atoms with E-state index in [1.807, 2.05) is 0 Å². The number of hydrogen-bond acceptors (Lipinski definition) is 3. The molecule has 0 saturated heterocycles. The molecule has 1 aliphatic rings. The number of carbonyl (C=O) groups is 2. The van der Waals surface area contributed by atoms with Crippen LogP contribution in [0.15, 0.2) is 49.1 Å². The van der Waals surface area contributed by atoms with E-state index in [-0.39, 0.29) is 24.7 Å². The maximum absolute atomic E-state index is 13.8. The standard InChI is InChI=1S/C21H20F2N2O3/c1-4-10-25-16-11-13(8-9-17(16)28-12-21(2,3)20(25)27)24-19(26)18-14(22)6-5-7-15(18)23/h4-9,11H,1,10,12H2,2-3H3,(H,24,26). The van der Waals surface area contributed by atoms with E-state index in [0.29, 0.717) is 11.4 Å². The third kappa shape index (κ3) is 3.60. The monoisotopic (exact) mass is 386 g/mol. The van der Waals surface area contributed by atoms with Gasteiger partial charge in [-0.05, 0) is 44.2 Å². The van der Waals surface area contributed by atoms with Gasteiger partial charge in [-0.2, -0.15) is 0 Å². The summed E-state index contributed by atoms with van der Waals surface area (Å²) in [4.78, 5) is 26.7. The zero-order valence-electron chi connectivity index (χ0n) is 15.6. The minimum absolute atomic E-state index is 0.158. The second kappa shape index (κ2) is 7.42. The predicted octanol–water partition coefficient (Wildman–Crippen LogP) is 4.15. The van der Waals surface area contributed by atoms with E-state index in [2.05, 4.69) is 11.9 Å². The summed E-state index contributed by atoms with van der Waals surface area (Å²) in [5, 5.41) is 2.47. The second-order valence-electron chi connectivity index (χ2n) is 7.11. The lowest BCUT2D eigenvalue weighted by molar-refractivity contribution is -0.127. The van der Waals surface area contributed by atoms with Gasteiger partial charge in [0.2, 0.25) is 5.91 Å². The third-order valence-corrected chi connectivity index (χ3v) is 4.42. The summed E-state index contributed by atoms with van der Waals surface area (Å²) in [6.07, 6.45) is 1.59. The van der Waals surface area contributed by atoms with Crippen molar-refractivity contribution in [1.29, 1.82) is 0 Å². The van der Waals surface area contributed by atoms with Crippen LogP contribution in [-0.4, -0.2) is 25.0 Å². The molecule has 3 rings (SSSR count). The molecule has 1 N–H and O–H groups in total. The number of halogens is 2. The average molecular weight is 386 g/mol. The lowest BCUT2D eigenvalue weighted by Gasteiger charge is -2.27. The molecule has 0 aliphatic carbocycles. The summed E-state index contributed by atoms with van der Waals surface area (Å²) in [7, 11) is 0. The lowest BCUT2D eigenvalue weighted by atomic mass is 9.93. The van der Waals surface area contributed by atoms with Crippen molar-refractivity contribution in [2.24, 2.45) is 5.41 Å². The number of fused-ring (bicyclic) bond motifs is 1. The van der Waals surface area contributed by atoms with Gasteiger partial charge in [-0.15, -0.1) is 6.58 Å². The van der Waals surface area contributed by atoms with Gasteiger partial charge >= 0.3 is 0 Å². The molecule has 28 heavy (non-hydrogen) atoms. The van der Waals surface area contributed by atoms with Crippen LogP contribution in [0.4, 0.5) is 20.2 Å². The molecule has 0 fully saturated rings. The molecule has 5 nitrogen and oxygen atoms in total. The van der Waals surface area contributed by atoms with Gasteiger partial charge in [0.15, 0.2) is 0 Å². The smallest absolute Gasteiger partial charge is 0.261 e. The summed E-state index contributed by atoms with van der Waals surface area (Å²) < 4.78 is 33.5. The Morgan fingerprint density at radius 2 is 1.96 bits per heavy atom. The van der Waals surface area contributed by atoms with E-state index in [4.69, 9.17) is 4.74 Å². The van der Waals surface area contributed by atoms with Crippen LogP contribution in [-0.2, 0) is 4.79 Å². The maximum atomic E-state index is 13.8. The molecule has 0 bridgehead atoms. The van der Waals surface area contributed by atoms with Crippen molar-refractivity contribution in [2.75, 3.05) is 23.4 Å². The Bertz CT molecular complexity index is 936. The van der Waals surface area contributed by atoms with E-state index in [1.165, 1.54) is 17.0 Å². The summed E-state index contributed by atoms with van der Waals surface area (Å²) in [6, 6.07) is 7.89. The Labute approximate surface area is 161 Å². The Hall–Kier alpha value is -3.22. The van der Waals surface area contributed by atoms with Crippen LogP contribution in [0.5, 0.6) is 5.75 Å². The number of ether oxygens (including phenoxy) is 1. The minimum atomic E-state index is -0.958. The van der Waals surface area contributed by atoms with Crippen molar-refractivity contribution in [3.8, 4) is 5.75 Å². The van der Waals surface area contributed by atoms with Crippen LogP contribution in [0.3, 0.4) is 0 Å². The quantitative estimate of drug-likeness (QED) is 0.803. The zero-order chi connectivity index (χ0) is 20.5. The number of hydrogen-bond donors (Lipinski definition) is 1. The van der Waals surface area contributed by atoms with Gasteiger partial charge in [0.1, 0.15) is 29.6 Å². The highest BCUT2D eigenvalue weighted by Crippen LogP contribution is 2.38. The number of nitrogens with one attached hydrogen (secondary N) is 1. The van der Waals surface area contributed by atoms with Crippen LogP contribution in [0.1, 0.15) is 24.2 Å². The van der Waals surface area contributed by atoms with Crippen molar-refractivity contribution in [3.63, 3.8) is 0 Å². The van der Waals surface area contributed by atoms with Gasteiger partial charge in [-0.1, -0.05) is 12.1 Å². The van der Waals surface area contributed by atoms with E-state index < -0.39 is 28.5 Å². The number of anilines is 2. The minimum Gasteiger partial charge on any atom is -0.490 e. The molecule has 146 valence electrons. The summed E-state index contributed by atoms with van der Waals surface area (Å²) in [5.41, 5.74) is -0.699. The molecule has 0 atom stereocenters.